The van der Waals surface area contributed by atoms with Crippen molar-refractivity contribution in [3.05, 3.63) is 41.2 Å². The SMILES string of the molecule is O=C(c1ncn[nH]1)c1ncccc1Cl. The molecule has 0 bridgehead atoms. The molecule has 2 rings (SSSR count). The van der Waals surface area contributed by atoms with Gasteiger partial charge in [-0.2, -0.15) is 5.10 Å². The van der Waals surface area contributed by atoms with Gasteiger partial charge in [-0.05, 0) is 12.1 Å². The van der Waals surface area contributed by atoms with Crippen LogP contribution in [0.1, 0.15) is 16.3 Å². The van der Waals surface area contributed by atoms with E-state index in [1.54, 1.807) is 12.1 Å². The summed E-state index contributed by atoms with van der Waals surface area (Å²) in [4.78, 5) is 19.2. The molecule has 6 heteroatoms. The van der Waals surface area contributed by atoms with E-state index in [1.165, 1.54) is 12.5 Å². The highest BCUT2D eigenvalue weighted by molar-refractivity contribution is 6.34. The van der Waals surface area contributed by atoms with Crippen molar-refractivity contribution in [2.24, 2.45) is 0 Å². The molecule has 0 aliphatic heterocycles. The number of halogens is 1. The molecule has 14 heavy (non-hydrogen) atoms. The highest BCUT2D eigenvalue weighted by Crippen LogP contribution is 2.14. The number of pyridine rings is 1. The number of aromatic nitrogens is 4. The van der Waals surface area contributed by atoms with E-state index in [-0.39, 0.29) is 17.3 Å². The minimum Gasteiger partial charge on any atom is -0.283 e. The normalized spacial score (nSPS) is 10.1. The Morgan fingerprint density at radius 1 is 1.43 bits per heavy atom. The monoisotopic (exact) mass is 208 g/mol. The molecule has 2 aromatic rings. The molecule has 0 aliphatic rings. The van der Waals surface area contributed by atoms with E-state index in [9.17, 15) is 4.79 Å². The van der Waals surface area contributed by atoms with Gasteiger partial charge >= 0.3 is 0 Å². The van der Waals surface area contributed by atoms with Crippen LogP contribution in [0.5, 0.6) is 0 Å². The van der Waals surface area contributed by atoms with Gasteiger partial charge in [-0.15, -0.1) is 0 Å². The first-order valence-corrected chi connectivity index (χ1v) is 4.17. The largest absolute Gasteiger partial charge is 0.283 e. The van der Waals surface area contributed by atoms with Crippen LogP contribution in [0.25, 0.3) is 0 Å². The fourth-order valence-electron chi connectivity index (χ4n) is 0.980. The van der Waals surface area contributed by atoms with Crippen LogP contribution in [0.2, 0.25) is 5.02 Å². The fraction of sp³-hybridized carbons (Fsp3) is 0. The van der Waals surface area contributed by atoms with Crippen LogP contribution in [-0.2, 0) is 0 Å². The van der Waals surface area contributed by atoms with Crippen molar-refractivity contribution in [1.29, 1.82) is 0 Å². The number of hydrogen-bond acceptors (Lipinski definition) is 4. The second-order valence-corrected chi connectivity index (χ2v) is 2.90. The van der Waals surface area contributed by atoms with Crippen LogP contribution >= 0.6 is 11.6 Å². The van der Waals surface area contributed by atoms with Gasteiger partial charge in [-0.1, -0.05) is 11.6 Å². The van der Waals surface area contributed by atoms with Crippen molar-refractivity contribution >= 4 is 17.4 Å². The third kappa shape index (κ3) is 1.49. The van der Waals surface area contributed by atoms with E-state index >= 15 is 0 Å². The van der Waals surface area contributed by atoms with Crippen LogP contribution < -0.4 is 0 Å². The first-order chi connectivity index (χ1) is 6.79. The Balaban J connectivity index is 2.42. The van der Waals surface area contributed by atoms with Crippen LogP contribution in [0.15, 0.2) is 24.7 Å². The van der Waals surface area contributed by atoms with Crippen molar-refractivity contribution in [3.8, 4) is 0 Å². The van der Waals surface area contributed by atoms with Gasteiger partial charge in [0, 0.05) is 6.20 Å². The van der Waals surface area contributed by atoms with Crippen LogP contribution in [0, 0.1) is 0 Å². The van der Waals surface area contributed by atoms with Crippen molar-refractivity contribution in [2.45, 2.75) is 0 Å². The highest BCUT2D eigenvalue weighted by atomic mass is 35.5. The lowest BCUT2D eigenvalue weighted by atomic mass is 10.2. The number of nitrogens with zero attached hydrogens (tertiary/aromatic N) is 3. The molecule has 0 saturated carbocycles. The number of nitrogens with one attached hydrogen (secondary N) is 1. The molecule has 0 aliphatic carbocycles. The van der Waals surface area contributed by atoms with Gasteiger partial charge in [-0.25, -0.2) is 4.98 Å². The summed E-state index contributed by atoms with van der Waals surface area (Å²) in [6.45, 7) is 0. The zero-order valence-corrected chi connectivity index (χ0v) is 7.69. The summed E-state index contributed by atoms with van der Waals surface area (Å²) in [5, 5.41) is 6.32. The molecule has 1 N–H and O–H groups in total. The van der Waals surface area contributed by atoms with Gasteiger partial charge in [0.05, 0.1) is 5.02 Å². The van der Waals surface area contributed by atoms with E-state index in [1.807, 2.05) is 0 Å². The van der Waals surface area contributed by atoms with Crippen molar-refractivity contribution in [1.82, 2.24) is 20.2 Å². The van der Waals surface area contributed by atoms with E-state index in [2.05, 4.69) is 20.2 Å². The molecule has 5 nitrogen and oxygen atoms in total. The molecule has 0 aromatic carbocycles. The van der Waals surface area contributed by atoms with Crippen molar-refractivity contribution in [2.75, 3.05) is 0 Å². The van der Waals surface area contributed by atoms with Gasteiger partial charge in [-0.3, -0.25) is 14.9 Å². The Bertz CT molecular complexity index is 454. The fourth-order valence-corrected chi connectivity index (χ4v) is 1.19. The molecule has 0 amide bonds. The molecule has 0 spiro atoms. The molecule has 2 heterocycles. The molecule has 0 atom stereocenters. The minimum absolute atomic E-state index is 0.130. The molecule has 0 unspecified atom stereocenters. The highest BCUT2D eigenvalue weighted by Gasteiger charge is 2.16. The number of carbonyl (C=O) groups is 1. The van der Waals surface area contributed by atoms with Crippen LogP contribution in [-0.4, -0.2) is 25.9 Å². The summed E-state index contributed by atoms with van der Waals surface area (Å²) >= 11 is 5.79. The van der Waals surface area contributed by atoms with E-state index in [0.29, 0.717) is 5.02 Å². The quantitative estimate of drug-likeness (QED) is 0.750. The van der Waals surface area contributed by atoms with Gasteiger partial charge in [0.15, 0.2) is 5.82 Å². The summed E-state index contributed by atoms with van der Waals surface area (Å²) in [5.41, 5.74) is 0.172. The zero-order valence-electron chi connectivity index (χ0n) is 6.94. The van der Waals surface area contributed by atoms with Gasteiger partial charge in [0.25, 0.3) is 0 Å². The number of aromatic amines is 1. The average Bonchev–Trinajstić information content (AvgIpc) is 2.70. The van der Waals surface area contributed by atoms with Crippen molar-refractivity contribution in [3.63, 3.8) is 0 Å². The van der Waals surface area contributed by atoms with E-state index in [4.69, 9.17) is 11.6 Å². The Morgan fingerprint density at radius 2 is 2.29 bits per heavy atom. The minimum atomic E-state index is -0.367. The Hall–Kier alpha value is -1.75. The summed E-state index contributed by atoms with van der Waals surface area (Å²) < 4.78 is 0. The predicted octanol–water partition coefficient (Wildman–Crippen LogP) is 1.08. The first kappa shape index (κ1) is 8.83. The summed E-state index contributed by atoms with van der Waals surface area (Å²) in [7, 11) is 0. The molecule has 0 fully saturated rings. The van der Waals surface area contributed by atoms with Gasteiger partial charge in [0.1, 0.15) is 12.0 Å². The smallest absolute Gasteiger partial charge is 0.249 e. The Kier molecular flexibility index (Phi) is 2.24. The molecule has 70 valence electrons. The number of hydrogen-bond donors (Lipinski definition) is 1. The molecule has 2 aromatic heterocycles. The number of rotatable bonds is 2. The second-order valence-electron chi connectivity index (χ2n) is 2.50. The lowest BCUT2D eigenvalue weighted by molar-refractivity contribution is 0.102. The van der Waals surface area contributed by atoms with Crippen LogP contribution in [0.4, 0.5) is 0 Å². The second kappa shape index (κ2) is 3.55. The van der Waals surface area contributed by atoms with Crippen molar-refractivity contribution < 1.29 is 4.79 Å². The summed E-state index contributed by atoms with van der Waals surface area (Å²) in [6.07, 6.45) is 2.75. The Labute approximate surface area is 84.2 Å². The topological polar surface area (TPSA) is 71.5 Å². The molecular formula is C8H5ClN4O. The molecule has 0 radical (unpaired) electrons. The predicted molar refractivity (Wildman–Crippen MR) is 49.1 cm³/mol. The summed E-state index contributed by atoms with van der Waals surface area (Å²) in [6, 6.07) is 3.25. The standard InChI is InChI=1S/C8H5ClN4O/c9-5-2-1-3-10-6(5)7(14)8-11-4-12-13-8/h1-4H,(H,11,12,13). The van der Waals surface area contributed by atoms with Gasteiger partial charge < -0.3 is 0 Å². The maximum absolute atomic E-state index is 11.6. The van der Waals surface area contributed by atoms with E-state index in [0.717, 1.165) is 0 Å². The number of H-pyrrole nitrogens is 1. The maximum Gasteiger partial charge on any atom is 0.249 e. The summed E-state index contributed by atoms with van der Waals surface area (Å²) in [5.74, 6) is -0.237. The van der Waals surface area contributed by atoms with Crippen LogP contribution in [0.3, 0.4) is 0 Å². The third-order valence-corrected chi connectivity index (χ3v) is 1.91. The van der Waals surface area contributed by atoms with Gasteiger partial charge in [0.2, 0.25) is 5.78 Å². The first-order valence-electron chi connectivity index (χ1n) is 3.79. The average molecular weight is 209 g/mol. The number of ketones is 1. The molecular weight excluding hydrogens is 204 g/mol. The lowest BCUT2D eigenvalue weighted by Gasteiger charge is -1.97. The zero-order chi connectivity index (χ0) is 9.97. The van der Waals surface area contributed by atoms with E-state index < -0.39 is 0 Å². The third-order valence-electron chi connectivity index (χ3n) is 1.60. The number of carbonyl (C=O) groups excluding carboxylic acids is 1. The maximum atomic E-state index is 11.6. The molecule has 0 saturated heterocycles. The Morgan fingerprint density at radius 3 is 2.93 bits per heavy atom. The lowest BCUT2D eigenvalue weighted by Crippen LogP contribution is -2.06.